The number of nitrogens with one attached hydrogen (secondary N) is 1. The van der Waals surface area contributed by atoms with Crippen molar-refractivity contribution in [2.45, 2.75) is 45.1 Å². The molecule has 2 unspecified atom stereocenters. The van der Waals surface area contributed by atoms with Crippen LogP contribution in [-0.2, 0) is 4.79 Å². The van der Waals surface area contributed by atoms with E-state index in [1.165, 1.54) is 0 Å². The molecule has 6 nitrogen and oxygen atoms in total. The van der Waals surface area contributed by atoms with E-state index in [1.807, 2.05) is 19.1 Å². The van der Waals surface area contributed by atoms with Gasteiger partial charge in [0.05, 0.1) is 28.4 Å². The zero-order chi connectivity index (χ0) is 18.9. The molecule has 0 spiro atoms. The number of carboxylic acid groups (broad SMARTS) is 1. The summed E-state index contributed by atoms with van der Waals surface area (Å²) in [6.45, 7) is 3.58. The summed E-state index contributed by atoms with van der Waals surface area (Å²) in [5.41, 5.74) is 1.07. The summed E-state index contributed by atoms with van der Waals surface area (Å²) in [6.07, 6.45) is 4.67. The lowest BCUT2D eigenvalue weighted by molar-refractivity contribution is -0.145. The van der Waals surface area contributed by atoms with E-state index in [2.05, 4.69) is 10.4 Å². The molecule has 1 aliphatic carbocycles. The van der Waals surface area contributed by atoms with Gasteiger partial charge in [-0.25, -0.2) is 4.68 Å². The Balaban J connectivity index is 1.84. The number of aromatic nitrogens is 2. The number of nitrogens with zero attached hydrogens (tertiary/aromatic N) is 2. The normalized spacial score (nSPS) is 22.8. The van der Waals surface area contributed by atoms with Crippen LogP contribution in [0.1, 0.15) is 48.7 Å². The molecule has 26 heavy (non-hydrogen) atoms. The topological polar surface area (TPSA) is 84.2 Å². The van der Waals surface area contributed by atoms with Gasteiger partial charge in [0.25, 0.3) is 5.91 Å². The number of hydrogen-bond acceptors (Lipinski definition) is 3. The van der Waals surface area contributed by atoms with Gasteiger partial charge in [0.2, 0.25) is 0 Å². The van der Waals surface area contributed by atoms with Crippen LogP contribution in [-0.4, -0.2) is 32.3 Å². The minimum Gasteiger partial charge on any atom is -0.481 e. The summed E-state index contributed by atoms with van der Waals surface area (Å²) in [7, 11) is 0. The SMILES string of the molecule is Cc1nn(-c2ccc(Cl)cc2)cc1C(=O)NC1(C)CCCCC1C(=O)O. The first-order chi connectivity index (χ1) is 12.3. The minimum atomic E-state index is -0.860. The molecule has 1 aromatic heterocycles. The van der Waals surface area contributed by atoms with Crippen LogP contribution in [0.4, 0.5) is 0 Å². The molecule has 1 amide bonds. The first kappa shape index (κ1) is 18.5. The summed E-state index contributed by atoms with van der Waals surface area (Å²) in [6, 6.07) is 7.15. The van der Waals surface area contributed by atoms with Crippen LogP contribution in [0.5, 0.6) is 0 Å². The third-order valence-electron chi connectivity index (χ3n) is 5.14. The Morgan fingerprint density at radius 2 is 2.00 bits per heavy atom. The third kappa shape index (κ3) is 3.60. The van der Waals surface area contributed by atoms with E-state index >= 15 is 0 Å². The van der Waals surface area contributed by atoms with E-state index in [1.54, 1.807) is 29.9 Å². The quantitative estimate of drug-likeness (QED) is 0.855. The summed E-state index contributed by atoms with van der Waals surface area (Å²) in [4.78, 5) is 24.4. The van der Waals surface area contributed by atoms with Gasteiger partial charge in [-0.05, 0) is 51.0 Å². The lowest BCUT2D eigenvalue weighted by atomic mass is 9.73. The average molecular weight is 376 g/mol. The fraction of sp³-hybridized carbons (Fsp3) is 0.421. The molecule has 1 saturated carbocycles. The molecule has 2 aromatic rings. The number of halogens is 1. The number of carboxylic acids is 1. The van der Waals surface area contributed by atoms with Crippen molar-refractivity contribution in [1.82, 2.24) is 15.1 Å². The second kappa shape index (κ2) is 7.11. The Kier molecular flexibility index (Phi) is 5.05. The zero-order valence-electron chi connectivity index (χ0n) is 14.8. The van der Waals surface area contributed by atoms with Crippen LogP contribution in [0, 0.1) is 12.8 Å². The van der Waals surface area contributed by atoms with Gasteiger partial charge in [-0.15, -0.1) is 0 Å². The number of carbonyl (C=O) groups excluding carboxylic acids is 1. The van der Waals surface area contributed by atoms with Crippen LogP contribution in [0.2, 0.25) is 5.02 Å². The zero-order valence-corrected chi connectivity index (χ0v) is 15.6. The van der Waals surface area contributed by atoms with Crippen molar-refractivity contribution in [2.75, 3.05) is 0 Å². The molecule has 1 aromatic carbocycles. The van der Waals surface area contributed by atoms with Crippen molar-refractivity contribution in [1.29, 1.82) is 0 Å². The van der Waals surface area contributed by atoms with Gasteiger partial charge in [-0.2, -0.15) is 5.10 Å². The number of aliphatic carboxylic acids is 1. The predicted octanol–water partition coefficient (Wildman–Crippen LogP) is 3.60. The Hall–Kier alpha value is -2.34. The van der Waals surface area contributed by atoms with Gasteiger partial charge in [-0.1, -0.05) is 24.4 Å². The predicted molar refractivity (Wildman–Crippen MR) is 98.8 cm³/mol. The van der Waals surface area contributed by atoms with E-state index in [0.29, 0.717) is 29.1 Å². The molecule has 2 atom stereocenters. The van der Waals surface area contributed by atoms with E-state index in [-0.39, 0.29) is 5.91 Å². The summed E-state index contributed by atoms with van der Waals surface area (Å²) in [5.74, 6) is -1.73. The van der Waals surface area contributed by atoms with Crippen molar-refractivity contribution >= 4 is 23.5 Å². The standard InChI is InChI=1S/C19H22ClN3O3/c1-12-15(11-23(22-12)14-8-6-13(20)7-9-14)17(24)21-19(2)10-4-3-5-16(19)18(25)26/h6-9,11,16H,3-5,10H2,1-2H3,(H,21,24)(H,25,26). The molecule has 3 rings (SSSR count). The number of hydrogen-bond donors (Lipinski definition) is 2. The fourth-order valence-corrected chi connectivity index (χ4v) is 3.74. The number of rotatable bonds is 4. The van der Waals surface area contributed by atoms with E-state index < -0.39 is 17.4 Å². The van der Waals surface area contributed by atoms with Gasteiger partial charge >= 0.3 is 5.97 Å². The maximum Gasteiger partial charge on any atom is 0.308 e. The summed E-state index contributed by atoms with van der Waals surface area (Å²) in [5, 5.41) is 17.5. The molecule has 7 heteroatoms. The van der Waals surface area contributed by atoms with E-state index in [9.17, 15) is 14.7 Å². The van der Waals surface area contributed by atoms with Gasteiger partial charge < -0.3 is 10.4 Å². The number of carbonyl (C=O) groups is 2. The second-order valence-corrected chi connectivity index (χ2v) is 7.49. The van der Waals surface area contributed by atoms with Crippen LogP contribution in [0.25, 0.3) is 5.69 Å². The fourth-order valence-electron chi connectivity index (χ4n) is 3.61. The van der Waals surface area contributed by atoms with Crippen molar-refractivity contribution in [3.05, 3.63) is 46.7 Å². The molecule has 2 N–H and O–H groups in total. The summed E-state index contributed by atoms with van der Waals surface area (Å²) < 4.78 is 1.62. The van der Waals surface area contributed by atoms with Crippen LogP contribution in [0.3, 0.4) is 0 Å². The third-order valence-corrected chi connectivity index (χ3v) is 5.39. The first-order valence-electron chi connectivity index (χ1n) is 8.68. The molecule has 138 valence electrons. The summed E-state index contributed by atoms with van der Waals surface area (Å²) >= 11 is 5.91. The Morgan fingerprint density at radius 1 is 1.31 bits per heavy atom. The smallest absolute Gasteiger partial charge is 0.308 e. The molecule has 0 aliphatic heterocycles. The van der Waals surface area contributed by atoms with Gasteiger partial charge in [0.1, 0.15) is 0 Å². The maximum absolute atomic E-state index is 12.8. The molecule has 0 saturated heterocycles. The molecule has 1 fully saturated rings. The van der Waals surface area contributed by atoms with Crippen molar-refractivity contribution < 1.29 is 14.7 Å². The molecule has 1 aliphatic rings. The molecule has 1 heterocycles. The van der Waals surface area contributed by atoms with Crippen LogP contribution >= 0.6 is 11.6 Å². The molecular weight excluding hydrogens is 354 g/mol. The largest absolute Gasteiger partial charge is 0.481 e. The number of amides is 1. The first-order valence-corrected chi connectivity index (χ1v) is 9.05. The second-order valence-electron chi connectivity index (χ2n) is 7.06. The van der Waals surface area contributed by atoms with Gasteiger partial charge in [-0.3, -0.25) is 9.59 Å². The van der Waals surface area contributed by atoms with Gasteiger partial charge in [0.15, 0.2) is 0 Å². The minimum absolute atomic E-state index is 0.293. The Morgan fingerprint density at radius 3 is 2.65 bits per heavy atom. The van der Waals surface area contributed by atoms with E-state index in [4.69, 9.17) is 11.6 Å². The van der Waals surface area contributed by atoms with Crippen LogP contribution < -0.4 is 5.32 Å². The highest BCUT2D eigenvalue weighted by Gasteiger charge is 2.42. The molecule has 0 radical (unpaired) electrons. The highest BCUT2D eigenvalue weighted by atomic mass is 35.5. The lowest BCUT2D eigenvalue weighted by Gasteiger charge is -2.39. The van der Waals surface area contributed by atoms with E-state index in [0.717, 1.165) is 18.5 Å². The van der Waals surface area contributed by atoms with Crippen LogP contribution in [0.15, 0.2) is 30.5 Å². The molecule has 0 bridgehead atoms. The van der Waals surface area contributed by atoms with Crippen molar-refractivity contribution in [3.8, 4) is 5.69 Å². The molecular formula is C19H22ClN3O3. The highest BCUT2D eigenvalue weighted by Crippen LogP contribution is 2.34. The lowest BCUT2D eigenvalue weighted by Crippen LogP contribution is -2.55. The Labute approximate surface area is 157 Å². The average Bonchev–Trinajstić information content (AvgIpc) is 2.97. The highest BCUT2D eigenvalue weighted by molar-refractivity contribution is 6.30. The van der Waals surface area contributed by atoms with Crippen molar-refractivity contribution in [2.24, 2.45) is 5.92 Å². The monoisotopic (exact) mass is 375 g/mol. The van der Waals surface area contributed by atoms with Crippen molar-refractivity contribution in [3.63, 3.8) is 0 Å². The van der Waals surface area contributed by atoms with Gasteiger partial charge in [0, 0.05) is 11.2 Å². The Bertz CT molecular complexity index is 831. The number of aryl methyl sites for hydroxylation is 1. The number of benzene rings is 1. The maximum atomic E-state index is 12.8.